The summed E-state index contributed by atoms with van der Waals surface area (Å²) in [5.74, 6) is 0. The molecular weight excluding hydrogens is 320 g/mol. The molecule has 1 unspecified atom stereocenters. The number of nitrogens with one attached hydrogen (secondary N) is 1. The lowest BCUT2D eigenvalue weighted by Crippen LogP contribution is -2.40. The lowest BCUT2D eigenvalue weighted by molar-refractivity contribution is 0.0613. The summed E-state index contributed by atoms with van der Waals surface area (Å²) in [6, 6.07) is 4.60. The summed E-state index contributed by atoms with van der Waals surface area (Å²) in [6.45, 7) is 3.29. The molecule has 0 amide bonds. The van der Waals surface area contributed by atoms with Gasteiger partial charge in [-0.2, -0.15) is 0 Å². The molecule has 0 fully saturated rings. The minimum atomic E-state index is -3.72. The molecule has 1 aromatic rings. The highest BCUT2D eigenvalue weighted by Crippen LogP contribution is 2.23. The molecule has 1 rings (SSSR count). The number of rotatable bonds is 5. The van der Waals surface area contributed by atoms with Crippen LogP contribution in [0.1, 0.15) is 20.3 Å². The number of hydrogen-bond donors (Lipinski definition) is 3. The molecule has 0 radical (unpaired) electrons. The summed E-state index contributed by atoms with van der Waals surface area (Å²) in [7, 11) is -3.72. The van der Waals surface area contributed by atoms with Crippen LogP contribution in [0.5, 0.6) is 0 Å². The first-order valence-corrected chi connectivity index (χ1v) is 7.72. The zero-order chi connectivity index (χ0) is 14.0. The molecule has 0 aliphatic rings. The third kappa shape index (κ3) is 3.94. The van der Waals surface area contributed by atoms with Crippen molar-refractivity contribution in [1.29, 1.82) is 0 Å². The van der Waals surface area contributed by atoms with Crippen LogP contribution in [0.4, 0.5) is 5.69 Å². The molecule has 0 aromatic heterocycles. The minimum Gasteiger partial charge on any atom is -0.398 e. The first kappa shape index (κ1) is 15.4. The van der Waals surface area contributed by atoms with E-state index in [0.29, 0.717) is 10.9 Å². The first-order valence-electron chi connectivity index (χ1n) is 5.45. The molecule has 0 spiro atoms. The molecule has 0 heterocycles. The van der Waals surface area contributed by atoms with E-state index in [-0.39, 0.29) is 17.1 Å². The van der Waals surface area contributed by atoms with Crippen molar-refractivity contribution in [2.24, 2.45) is 0 Å². The van der Waals surface area contributed by atoms with Crippen molar-refractivity contribution in [2.75, 3.05) is 12.3 Å². The number of sulfonamides is 1. The molecule has 4 N–H and O–H groups in total. The third-order valence-corrected chi connectivity index (χ3v) is 4.62. The molecule has 0 saturated heterocycles. The zero-order valence-electron chi connectivity index (χ0n) is 10.3. The van der Waals surface area contributed by atoms with Gasteiger partial charge in [0.1, 0.15) is 4.90 Å². The van der Waals surface area contributed by atoms with E-state index in [0.717, 1.165) is 0 Å². The third-order valence-electron chi connectivity index (χ3n) is 2.67. The van der Waals surface area contributed by atoms with Gasteiger partial charge in [-0.15, -0.1) is 0 Å². The summed E-state index contributed by atoms with van der Waals surface area (Å²) in [4.78, 5) is 0.00350. The molecule has 0 bridgehead atoms. The maximum Gasteiger partial charge on any atom is 0.242 e. The number of nitrogen functional groups attached to an aromatic ring is 1. The summed E-state index contributed by atoms with van der Waals surface area (Å²) >= 11 is 3.20. The van der Waals surface area contributed by atoms with Crippen molar-refractivity contribution < 1.29 is 13.5 Å². The van der Waals surface area contributed by atoms with Crippen molar-refractivity contribution in [1.82, 2.24) is 4.72 Å². The number of benzene rings is 1. The standard InChI is InChI=1S/C11H17BrN2O3S/c1-3-11(2,15)7-14-18(16,17)10-6-8(12)4-5-9(10)13/h4-6,14-15H,3,7,13H2,1-2H3. The predicted octanol–water partition coefficient (Wildman–Crippen LogP) is 1.47. The fourth-order valence-corrected chi connectivity index (χ4v) is 3.02. The monoisotopic (exact) mass is 336 g/mol. The number of halogens is 1. The van der Waals surface area contributed by atoms with Crippen LogP contribution in [0.2, 0.25) is 0 Å². The number of nitrogens with two attached hydrogens (primary N) is 1. The summed E-state index contributed by atoms with van der Waals surface area (Å²) in [5, 5.41) is 9.79. The van der Waals surface area contributed by atoms with Crippen molar-refractivity contribution in [3.05, 3.63) is 22.7 Å². The Labute approximate surface area is 116 Å². The molecule has 7 heteroatoms. The Morgan fingerprint density at radius 3 is 2.67 bits per heavy atom. The van der Waals surface area contributed by atoms with Gasteiger partial charge in [0, 0.05) is 11.0 Å². The van der Waals surface area contributed by atoms with E-state index < -0.39 is 15.6 Å². The average Bonchev–Trinajstić information content (AvgIpc) is 2.30. The Morgan fingerprint density at radius 1 is 1.50 bits per heavy atom. The molecule has 102 valence electrons. The van der Waals surface area contributed by atoms with Gasteiger partial charge in [-0.25, -0.2) is 13.1 Å². The van der Waals surface area contributed by atoms with E-state index in [1.807, 2.05) is 0 Å². The van der Waals surface area contributed by atoms with Crippen LogP contribution in [0.3, 0.4) is 0 Å². The van der Waals surface area contributed by atoms with Gasteiger partial charge in [0.05, 0.1) is 11.3 Å². The number of anilines is 1. The van der Waals surface area contributed by atoms with Crippen LogP contribution in [-0.2, 0) is 10.0 Å². The van der Waals surface area contributed by atoms with Crippen molar-refractivity contribution in [3.8, 4) is 0 Å². The van der Waals surface area contributed by atoms with E-state index in [1.165, 1.54) is 12.1 Å². The van der Waals surface area contributed by atoms with Crippen LogP contribution < -0.4 is 10.5 Å². The summed E-state index contributed by atoms with van der Waals surface area (Å²) in [5.41, 5.74) is 4.74. The largest absolute Gasteiger partial charge is 0.398 e. The van der Waals surface area contributed by atoms with Crippen LogP contribution in [-0.4, -0.2) is 25.7 Å². The van der Waals surface area contributed by atoms with Crippen LogP contribution >= 0.6 is 15.9 Å². The molecular formula is C11H17BrN2O3S. The smallest absolute Gasteiger partial charge is 0.242 e. The van der Waals surface area contributed by atoms with Gasteiger partial charge < -0.3 is 10.8 Å². The minimum absolute atomic E-state index is 0.00350. The quantitative estimate of drug-likeness (QED) is 0.710. The molecule has 0 aliphatic carbocycles. The Morgan fingerprint density at radius 2 is 2.11 bits per heavy atom. The van der Waals surface area contributed by atoms with Crippen molar-refractivity contribution >= 4 is 31.6 Å². The van der Waals surface area contributed by atoms with Gasteiger partial charge in [-0.1, -0.05) is 22.9 Å². The molecule has 0 aliphatic heterocycles. The Kier molecular flexibility index (Phi) is 4.77. The second kappa shape index (κ2) is 5.56. The number of hydrogen-bond acceptors (Lipinski definition) is 4. The fourth-order valence-electron chi connectivity index (χ4n) is 1.19. The highest BCUT2D eigenvalue weighted by atomic mass is 79.9. The second-order valence-electron chi connectivity index (χ2n) is 4.36. The molecule has 1 aromatic carbocycles. The molecule has 0 saturated carbocycles. The molecule has 18 heavy (non-hydrogen) atoms. The molecule has 1 atom stereocenters. The second-order valence-corrected chi connectivity index (χ2v) is 7.01. The maximum atomic E-state index is 12.0. The highest BCUT2D eigenvalue weighted by Gasteiger charge is 2.23. The topological polar surface area (TPSA) is 92.4 Å². The Balaban J connectivity index is 2.97. The lowest BCUT2D eigenvalue weighted by atomic mass is 10.1. The maximum absolute atomic E-state index is 12.0. The van der Waals surface area contributed by atoms with Gasteiger partial charge in [0.25, 0.3) is 0 Å². The predicted molar refractivity (Wildman–Crippen MR) is 74.7 cm³/mol. The average molecular weight is 337 g/mol. The zero-order valence-corrected chi connectivity index (χ0v) is 12.7. The van der Waals surface area contributed by atoms with E-state index >= 15 is 0 Å². The van der Waals surface area contributed by atoms with E-state index in [9.17, 15) is 13.5 Å². The lowest BCUT2D eigenvalue weighted by Gasteiger charge is -2.21. The van der Waals surface area contributed by atoms with E-state index in [4.69, 9.17) is 5.73 Å². The van der Waals surface area contributed by atoms with Crippen LogP contribution in [0, 0.1) is 0 Å². The van der Waals surface area contributed by atoms with Gasteiger partial charge in [-0.3, -0.25) is 0 Å². The van der Waals surface area contributed by atoms with Gasteiger partial charge in [0.2, 0.25) is 10.0 Å². The van der Waals surface area contributed by atoms with Gasteiger partial charge >= 0.3 is 0 Å². The van der Waals surface area contributed by atoms with E-state index in [2.05, 4.69) is 20.7 Å². The normalized spacial score (nSPS) is 15.3. The van der Waals surface area contributed by atoms with Crippen molar-refractivity contribution in [3.63, 3.8) is 0 Å². The summed E-state index contributed by atoms with van der Waals surface area (Å²) in [6.07, 6.45) is 0.448. The summed E-state index contributed by atoms with van der Waals surface area (Å²) < 4.78 is 27.1. The first-order chi connectivity index (χ1) is 8.18. The Hall–Kier alpha value is -0.630. The highest BCUT2D eigenvalue weighted by molar-refractivity contribution is 9.10. The SMILES string of the molecule is CCC(C)(O)CNS(=O)(=O)c1cc(Br)ccc1N. The fraction of sp³-hybridized carbons (Fsp3) is 0.455. The Bertz CT molecular complexity index is 529. The van der Waals surface area contributed by atoms with Crippen LogP contribution in [0.15, 0.2) is 27.6 Å². The van der Waals surface area contributed by atoms with Gasteiger partial charge in [0.15, 0.2) is 0 Å². The van der Waals surface area contributed by atoms with Crippen molar-refractivity contribution in [2.45, 2.75) is 30.8 Å². The molecule has 5 nitrogen and oxygen atoms in total. The number of aliphatic hydroxyl groups is 1. The van der Waals surface area contributed by atoms with E-state index in [1.54, 1.807) is 19.9 Å². The van der Waals surface area contributed by atoms with Gasteiger partial charge in [-0.05, 0) is 31.5 Å². The van der Waals surface area contributed by atoms with Crippen LogP contribution in [0.25, 0.3) is 0 Å².